The van der Waals surface area contributed by atoms with Crippen molar-refractivity contribution in [2.24, 2.45) is 10.7 Å². The van der Waals surface area contributed by atoms with E-state index in [4.69, 9.17) is 5.73 Å². The summed E-state index contributed by atoms with van der Waals surface area (Å²) in [7, 11) is 0. The minimum Gasteiger partial charge on any atom is -0.387 e. The second-order valence-electron chi connectivity index (χ2n) is 7.48. The Kier molecular flexibility index (Phi) is 5.95. The number of hydrogen-bond acceptors (Lipinski definition) is 4. The molecular weight excluding hydrogens is 420 g/mol. The Labute approximate surface area is 173 Å². The van der Waals surface area contributed by atoms with Crippen molar-refractivity contribution in [3.8, 4) is 0 Å². The lowest BCUT2D eigenvalue weighted by Gasteiger charge is -2.21. The van der Waals surface area contributed by atoms with Crippen LogP contribution in [0.4, 0.5) is 0 Å². The molecule has 2 aromatic rings. The van der Waals surface area contributed by atoms with Gasteiger partial charge in [-0.3, -0.25) is 4.79 Å². The largest absolute Gasteiger partial charge is 0.387 e. The fraction of sp³-hybridized carbons (Fsp3) is 0.429. The summed E-state index contributed by atoms with van der Waals surface area (Å²) in [6, 6.07) is 4.25. The van der Waals surface area contributed by atoms with Crippen molar-refractivity contribution in [3.63, 3.8) is 0 Å². The van der Waals surface area contributed by atoms with Gasteiger partial charge in [0.25, 0.3) is 5.91 Å². The van der Waals surface area contributed by atoms with Crippen LogP contribution in [0.5, 0.6) is 0 Å². The quantitative estimate of drug-likeness (QED) is 0.609. The van der Waals surface area contributed by atoms with Crippen LogP contribution in [0.3, 0.4) is 0 Å². The number of dihydropyridines is 1. The van der Waals surface area contributed by atoms with E-state index >= 15 is 0 Å². The van der Waals surface area contributed by atoms with Gasteiger partial charge in [-0.25, -0.2) is 4.99 Å². The molecule has 150 valence electrons. The molecule has 1 aliphatic rings. The van der Waals surface area contributed by atoms with Gasteiger partial charge in [0.1, 0.15) is 5.84 Å². The molecular formula is C21H27BrN4O2. The lowest BCUT2D eigenvalue weighted by Crippen LogP contribution is -2.33. The minimum absolute atomic E-state index is 0.175. The molecule has 1 aromatic carbocycles. The summed E-state index contributed by atoms with van der Waals surface area (Å²) in [5.74, 6) is 0.238. The van der Waals surface area contributed by atoms with Crippen molar-refractivity contribution in [1.82, 2.24) is 9.88 Å². The second-order valence-corrected chi connectivity index (χ2v) is 8.40. The van der Waals surface area contributed by atoms with Crippen molar-refractivity contribution in [1.29, 1.82) is 0 Å². The number of aliphatic imine (C=N–C) groups is 1. The number of amidine groups is 1. The molecule has 28 heavy (non-hydrogen) atoms. The Morgan fingerprint density at radius 1 is 1.46 bits per heavy atom. The predicted octanol–water partition coefficient (Wildman–Crippen LogP) is 3.81. The van der Waals surface area contributed by atoms with E-state index in [0.29, 0.717) is 29.4 Å². The van der Waals surface area contributed by atoms with Crippen molar-refractivity contribution in [2.45, 2.75) is 52.8 Å². The Morgan fingerprint density at radius 3 is 2.82 bits per heavy atom. The van der Waals surface area contributed by atoms with Gasteiger partial charge in [-0.05, 0) is 50.5 Å². The number of nitrogens with zero attached hydrogens (tertiary/aromatic N) is 2. The third-order valence-corrected chi connectivity index (χ3v) is 5.89. The topological polar surface area (TPSA) is 92.6 Å². The summed E-state index contributed by atoms with van der Waals surface area (Å²) in [5.41, 5.74) is 10.1. The van der Waals surface area contributed by atoms with Crippen molar-refractivity contribution in [2.75, 3.05) is 6.54 Å². The number of aromatic nitrogens is 1. The summed E-state index contributed by atoms with van der Waals surface area (Å²) < 4.78 is 3.08. The van der Waals surface area contributed by atoms with Crippen LogP contribution in [0.1, 0.15) is 55.6 Å². The molecule has 0 aliphatic carbocycles. The van der Waals surface area contributed by atoms with Gasteiger partial charge in [-0.2, -0.15) is 0 Å². The zero-order chi connectivity index (χ0) is 20.6. The smallest absolute Gasteiger partial charge is 0.252 e. The fourth-order valence-electron chi connectivity index (χ4n) is 3.69. The number of benzene rings is 1. The van der Waals surface area contributed by atoms with E-state index in [9.17, 15) is 9.90 Å². The third kappa shape index (κ3) is 3.86. The highest BCUT2D eigenvalue weighted by atomic mass is 79.9. The first-order chi connectivity index (χ1) is 13.2. The van der Waals surface area contributed by atoms with Gasteiger partial charge in [0.05, 0.1) is 11.1 Å². The van der Waals surface area contributed by atoms with Gasteiger partial charge in [0.2, 0.25) is 0 Å². The lowest BCUT2D eigenvalue weighted by atomic mass is 10.0. The fourth-order valence-corrected chi connectivity index (χ4v) is 4.14. The summed E-state index contributed by atoms with van der Waals surface area (Å²) in [6.45, 7) is 8.49. The molecule has 7 heteroatoms. The van der Waals surface area contributed by atoms with Crippen LogP contribution in [0.2, 0.25) is 0 Å². The molecule has 2 atom stereocenters. The third-order valence-electron chi connectivity index (χ3n) is 5.43. The molecule has 0 radical (unpaired) electrons. The molecule has 0 spiro atoms. The number of amides is 1. The standard InChI is InChI=1S/C21H27BrN4O2/c1-5-13(4)26-10-12(3)19-15(7-14(22)8-17(19)26)20(27)24-9-16-11(2)6-18(23)25-21(16)28/h7-8,10,13,21,28H,5-6,9H2,1-4H3,(H2,23,25)(H,24,27). The Hall–Kier alpha value is -2.12. The highest BCUT2D eigenvalue weighted by molar-refractivity contribution is 9.10. The number of aliphatic hydroxyl groups excluding tert-OH is 1. The highest BCUT2D eigenvalue weighted by Crippen LogP contribution is 2.31. The zero-order valence-electron chi connectivity index (χ0n) is 16.7. The number of aliphatic hydroxyl groups is 1. The van der Waals surface area contributed by atoms with E-state index in [1.54, 1.807) is 0 Å². The first-order valence-corrected chi connectivity index (χ1v) is 10.3. The van der Waals surface area contributed by atoms with Crippen LogP contribution in [0.25, 0.3) is 10.9 Å². The van der Waals surface area contributed by atoms with Gasteiger partial charge in [0, 0.05) is 35.1 Å². The van der Waals surface area contributed by atoms with E-state index in [-0.39, 0.29) is 12.5 Å². The van der Waals surface area contributed by atoms with Crippen LogP contribution >= 0.6 is 15.9 Å². The summed E-state index contributed by atoms with van der Waals surface area (Å²) in [5, 5.41) is 14.1. The van der Waals surface area contributed by atoms with Gasteiger partial charge >= 0.3 is 0 Å². The maximum atomic E-state index is 13.0. The molecule has 0 saturated heterocycles. The molecule has 2 unspecified atom stereocenters. The van der Waals surface area contributed by atoms with Crippen LogP contribution < -0.4 is 11.1 Å². The maximum Gasteiger partial charge on any atom is 0.252 e. The van der Waals surface area contributed by atoms with Gasteiger partial charge < -0.3 is 20.7 Å². The first kappa shape index (κ1) is 20.6. The highest BCUT2D eigenvalue weighted by Gasteiger charge is 2.22. The first-order valence-electron chi connectivity index (χ1n) is 9.50. The van der Waals surface area contributed by atoms with Crippen molar-refractivity contribution in [3.05, 3.63) is 45.1 Å². The number of carbonyl (C=O) groups excluding carboxylic acids is 1. The molecule has 1 aromatic heterocycles. The normalized spacial score (nSPS) is 18.4. The SMILES string of the molecule is CCC(C)n1cc(C)c2c(C(=O)NCC3=C(C)CC(N)=NC3O)cc(Br)cc21. The van der Waals surface area contributed by atoms with E-state index in [1.807, 2.05) is 19.9 Å². The number of carbonyl (C=O) groups is 1. The number of aryl methyl sites for hydroxylation is 1. The Bertz CT molecular complexity index is 990. The number of rotatable bonds is 5. The van der Waals surface area contributed by atoms with Crippen LogP contribution in [-0.2, 0) is 0 Å². The van der Waals surface area contributed by atoms with Crippen LogP contribution in [0.15, 0.2) is 38.9 Å². The number of halogens is 1. The molecule has 6 nitrogen and oxygen atoms in total. The second kappa shape index (κ2) is 8.09. The van der Waals surface area contributed by atoms with Crippen LogP contribution in [-0.4, -0.2) is 34.2 Å². The minimum atomic E-state index is -0.996. The van der Waals surface area contributed by atoms with Gasteiger partial charge in [-0.1, -0.05) is 28.4 Å². The van der Waals surface area contributed by atoms with E-state index in [2.05, 4.69) is 56.9 Å². The Morgan fingerprint density at radius 2 is 2.18 bits per heavy atom. The molecule has 4 N–H and O–H groups in total. The monoisotopic (exact) mass is 446 g/mol. The molecule has 3 rings (SSSR count). The van der Waals surface area contributed by atoms with E-state index < -0.39 is 6.23 Å². The Balaban J connectivity index is 1.92. The number of hydrogen-bond donors (Lipinski definition) is 3. The van der Waals surface area contributed by atoms with E-state index in [0.717, 1.165) is 32.9 Å². The van der Waals surface area contributed by atoms with Crippen molar-refractivity contribution < 1.29 is 9.90 Å². The molecule has 0 fully saturated rings. The van der Waals surface area contributed by atoms with Crippen LogP contribution in [0, 0.1) is 6.92 Å². The number of nitrogens with one attached hydrogen (secondary N) is 1. The summed E-state index contributed by atoms with van der Waals surface area (Å²) in [6.07, 6.45) is 2.63. The summed E-state index contributed by atoms with van der Waals surface area (Å²) >= 11 is 3.55. The average molecular weight is 447 g/mol. The average Bonchev–Trinajstić information content (AvgIpc) is 2.95. The van der Waals surface area contributed by atoms with Crippen molar-refractivity contribution >= 4 is 38.6 Å². The maximum absolute atomic E-state index is 13.0. The molecule has 0 saturated carbocycles. The molecule has 1 aliphatic heterocycles. The molecule has 1 amide bonds. The predicted molar refractivity (Wildman–Crippen MR) is 117 cm³/mol. The van der Waals surface area contributed by atoms with Gasteiger partial charge in [0.15, 0.2) is 6.23 Å². The van der Waals surface area contributed by atoms with Gasteiger partial charge in [-0.15, -0.1) is 0 Å². The zero-order valence-corrected chi connectivity index (χ0v) is 18.3. The molecule has 2 heterocycles. The molecule has 0 bridgehead atoms. The van der Waals surface area contributed by atoms with E-state index in [1.165, 1.54) is 0 Å². The lowest BCUT2D eigenvalue weighted by molar-refractivity contribution is 0.0955. The number of fused-ring (bicyclic) bond motifs is 1. The summed E-state index contributed by atoms with van der Waals surface area (Å²) in [4.78, 5) is 17.0. The number of nitrogens with two attached hydrogens (primary N) is 1.